The third-order valence-electron chi connectivity index (χ3n) is 3.05. The summed E-state index contributed by atoms with van der Waals surface area (Å²) in [4.78, 5) is 8.08. The molecule has 0 atom stereocenters. The van der Waals surface area contributed by atoms with E-state index in [1.165, 1.54) is 11.1 Å². The van der Waals surface area contributed by atoms with Gasteiger partial charge in [0, 0.05) is 15.4 Å². The number of fused-ring (bicyclic) bond motifs is 1. The zero-order valence-electron chi connectivity index (χ0n) is 10.4. The summed E-state index contributed by atoms with van der Waals surface area (Å²) in [5.74, 6) is 0.995. The average molecular weight is 380 g/mol. The molecular weight excluding hydrogens is 368 g/mol. The van der Waals surface area contributed by atoms with Crippen LogP contribution in [0.3, 0.4) is 0 Å². The van der Waals surface area contributed by atoms with Crippen LogP contribution in [-0.2, 0) is 6.42 Å². The van der Waals surface area contributed by atoms with Crippen LogP contribution in [0.4, 0.5) is 0 Å². The number of aromatic amines is 1. The van der Waals surface area contributed by atoms with Crippen molar-refractivity contribution in [3.05, 3.63) is 62.3 Å². The molecule has 0 aliphatic heterocycles. The number of aromatic nitrogens is 2. The highest BCUT2D eigenvalue weighted by atomic mass is 79.9. The lowest BCUT2D eigenvalue weighted by Gasteiger charge is -1.98. The predicted octanol–water partition coefficient (Wildman–Crippen LogP) is 4.99. The quantitative estimate of drug-likeness (QED) is 0.667. The van der Waals surface area contributed by atoms with E-state index in [1.807, 2.05) is 12.1 Å². The second-order valence-electron chi connectivity index (χ2n) is 4.61. The van der Waals surface area contributed by atoms with Crippen molar-refractivity contribution in [3.63, 3.8) is 0 Å². The Morgan fingerprint density at radius 2 is 1.95 bits per heavy atom. The highest BCUT2D eigenvalue weighted by molar-refractivity contribution is 9.10. The van der Waals surface area contributed by atoms with Gasteiger partial charge in [0.05, 0.1) is 11.0 Å². The maximum absolute atomic E-state index is 4.69. The van der Waals surface area contributed by atoms with Crippen molar-refractivity contribution in [2.45, 2.75) is 13.3 Å². The third-order valence-corrected chi connectivity index (χ3v) is 4.00. The summed E-state index contributed by atoms with van der Waals surface area (Å²) in [6, 6.07) is 12.5. The molecule has 1 N–H and O–H groups in total. The van der Waals surface area contributed by atoms with Gasteiger partial charge in [-0.3, -0.25) is 0 Å². The van der Waals surface area contributed by atoms with Gasteiger partial charge in [-0.25, -0.2) is 4.98 Å². The first kappa shape index (κ1) is 12.9. The first-order chi connectivity index (χ1) is 9.11. The Balaban J connectivity index is 2.00. The highest BCUT2D eigenvalue weighted by Crippen LogP contribution is 2.23. The first-order valence-electron chi connectivity index (χ1n) is 6.01. The van der Waals surface area contributed by atoms with Crippen LogP contribution in [0.5, 0.6) is 0 Å². The minimum absolute atomic E-state index is 0.811. The van der Waals surface area contributed by atoms with Crippen molar-refractivity contribution < 1.29 is 0 Å². The molecule has 0 aliphatic rings. The molecule has 0 aliphatic carbocycles. The molecular formula is C15H12Br2N2. The monoisotopic (exact) mass is 378 g/mol. The van der Waals surface area contributed by atoms with E-state index in [9.17, 15) is 0 Å². The molecule has 1 aromatic heterocycles. The van der Waals surface area contributed by atoms with Crippen molar-refractivity contribution in [2.24, 2.45) is 0 Å². The summed E-state index contributed by atoms with van der Waals surface area (Å²) in [6.07, 6.45) is 0.811. The Kier molecular flexibility index (Phi) is 3.46. The smallest absolute Gasteiger partial charge is 0.111 e. The van der Waals surface area contributed by atoms with Gasteiger partial charge < -0.3 is 4.98 Å². The number of halogens is 2. The lowest BCUT2D eigenvalue weighted by Crippen LogP contribution is -1.90. The summed E-state index contributed by atoms with van der Waals surface area (Å²) in [5.41, 5.74) is 4.55. The lowest BCUT2D eigenvalue weighted by atomic mass is 10.1. The van der Waals surface area contributed by atoms with E-state index in [0.717, 1.165) is 32.2 Å². The van der Waals surface area contributed by atoms with Crippen LogP contribution >= 0.6 is 31.9 Å². The van der Waals surface area contributed by atoms with Crippen LogP contribution < -0.4 is 0 Å². The predicted molar refractivity (Wildman–Crippen MR) is 85.5 cm³/mol. The maximum atomic E-state index is 4.69. The number of nitrogens with zero attached hydrogens (tertiary/aromatic N) is 1. The fourth-order valence-electron chi connectivity index (χ4n) is 2.22. The molecule has 1 heterocycles. The van der Waals surface area contributed by atoms with Gasteiger partial charge in [-0.15, -0.1) is 0 Å². The normalized spacial score (nSPS) is 11.1. The van der Waals surface area contributed by atoms with E-state index >= 15 is 0 Å². The molecule has 96 valence electrons. The van der Waals surface area contributed by atoms with Crippen molar-refractivity contribution in [3.8, 4) is 0 Å². The molecule has 0 fully saturated rings. The van der Waals surface area contributed by atoms with Gasteiger partial charge in [-0.05, 0) is 42.3 Å². The van der Waals surface area contributed by atoms with Crippen LogP contribution in [0.2, 0.25) is 0 Å². The van der Waals surface area contributed by atoms with Crippen LogP contribution in [-0.4, -0.2) is 9.97 Å². The van der Waals surface area contributed by atoms with E-state index in [1.54, 1.807) is 0 Å². The Labute approximate surface area is 128 Å². The average Bonchev–Trinajstić information content (AvgIpc) is 2.71. The summed E-state index contributed by atoms with van der Waals surface area (Å²) < 4.78 is 2.18. The molecule has 0 saturated carbocycles. The Bertz CT molecular complexity index is 747. The van der Waals surface area contributed by atoms with Gasteiger partial charge in [0.2, 0.25) is 0 Å². The molecule has 0 spiro atoms. The summed E-state index contributed by atoms with van der Waals surface area (Å²) >= 11 is 7.01. The molecule has 0 saturated heterocycles. The number of rotatable bonds is 2. The van der Waals surface area contributed by atoms with E-state index in [4.69, 9.17) is 0 Å². The fraction of sp³-hybridized carbons (Fsp3) is 0.133. The first-order valence-corrected chi connectivity index (χ1v) is 7.59. The number of aryl methyl sites for hydroxylation is 1. The topological polar surface area (TPSA) is 28.7 Å². The van der Waals surface area contributed by atoms with Gasteiger partial charge in [0.25, 0.3) is 0 Å². The number of hydrogen-bond acceptors (Lipinski definition) is 1. The van der Waals surface area contributed by atoms with Gasteiger partial charge in [-0.2, -0.15) is 0 Å². The van der Waals surface area contributed by atoms with E-state index in [0.29, 0.717) is 0 Å². The molecule has 0 amide bonds. The molecule has 2 aromatic carbocycles. The minimum atomic E-state index is 0.811. The van der Waals surface area contributed by atoms with E-state index in [-0.39, 0.29) is 0 Å². The number of benzene rings is 2. The number of nitrogens with one attached hydrogen (secondary N) is 1. The standard InChI is InChI=1S/C15H12Br2N2/c1-9-5-12(17)8-13-15(9)19-14(18-13)7-10-3-2-4-11(16)6-10/h2-6,8H,7H2,1H3,(H,18,19). The number of H-pyrrole nitrogens is 1. The second kappa shape index (κ2) is 5.10. The van der Waals surface area contributed by atoms with Gasteiger partial charge in [0.1, 0.15) is 5.82 Å². The molecule has 3 aromatic rings. The van der Waals surface area contributed by atoms with Crippen molar-refractivity contribution in [1.82, 2.24) is 9.97 Å². The molecule has 19 heavy (non-hydrogen) atoms. The zero-order chi connectivity index (χ0) is 13.4. The molecule has 0 radical (unpaired) electrons. The molecule has 0 bridgehead atoms. The highest BCUT2D eigenvalue weighted by Gasteiger charge is 2.07. The molecule has 4 heteroatoms. The zero-order valence-corrected chi connectivity index (χ0v) is 13.5. The van der Waals surface area contributed by atoms with Crippen molar-refractivity contribution in [1.29, 1.82) is 0 Å². The Morgan fingerprint density at radius 1 is 1.11 bits per heavy atom. The Hall–Kier alpha value is -1.13. The van der Waals surface area contributed by atoms with Crippen LogP contribution in [0.1, 0.15) is 17.0 Å². The lowest BCUT2D eigenvalue weighted by molar-refractivity contribution is 1.04. The maximum Gasteiger partial charge on any atom is 0.111 e. The van der Waals surface area contributed by atoms with E-state index < -0.39 is 0 Å². The van der Waals surface area contributed by atoms with Crippen LogP contribution in [0.25, 0.3) is 11.0 Å². The second-order valence-corrected chi connectivity index (χ2v) is 6.44. The van der Waals surface area contributed by atoms with Gasteiger partial charge in [-0.1, -0.05) is 44.0 Å². The summed E-state index contributed by atoms with van der Waals surface area (Å²) in [7, 11) is 0. The van der Waals surface area contributed by atoms with Crippen LogP contribution in [0.15, 0.2) is 45.3 Å². The van der Waals surface area contributed by atoms with E-state index in [2.05, 4.69) is 73.0 Å². The molecule has 3 rings (SSSR count). The largest absolute Gasteiger partial charge is 0.342 e. The van der Waals surface area contributed by atoms with Crippen LogP contribution in [0, 0.1) is 6.92 Å². The SMILES string of the molecule is Cc1cc(Br)cc2[nH]c(Cc3cccc(Br)c3)nc12. The van der Waals surface area contributed by atoms with Crippen molar-refractivity contribution in [2.75, 3.05) is 0 Å². The number of imidazole rings is 1. The molecule has 0 unspecified atom stereocenters. The van der Waals surface area contributed by atoms with Crippen molar-refractivity contribution >= 4 is 42.9 Å². The summed E-state index contributed by atoms with van der Waals surface area (Å²) in [5, 5.41) is 0. The minimum Gasteiger partial charge on any atom is -0.342 e. The Morgan fingerprint density at radius 3 is 2.74 bits per heavy atom. The third kappa shape index (κ3) is 2.74. The molecule has 2 nitrogen and oxygen atoms in total. The number of hydrogen-bond donors (Lipinski definition) is 1. The van der Waals surface area contributed by atoms with Gasteiger partial charge >= 0.3 is 0 Å². The van der Waals surface area contributed by atoms with Gasteiger partial charge in [0.15, 0.2) is 0 Å². The summed E-state index contributed by atoms with van der Waals surface area (Å²) in [6.45, 7) is 2.08. The fourth-order valence-corrected chi connectivity index (χ4v) is 3.24.